The molecular weight excluding hydrogens is 468 g/mol. The van der Waals surface area contributed by atoms with Crippen molar-refractivity contribution in [2.24, 2.45) is 0 Å². The molecule has 7 heteroatoms. The predicted molar refractivity (Wildman–Crippen MR) is 136 cm³/mol. The minimum Gasteiger partial charge on any atom is -0.507 e. The maximum Gasteiger partial charge on any atom is 0.301 e. The summed E-state index contributed by atoms with van der Waals surface area (Å²) < 4.78 is 0.935. The second-order valence-electron chi connectivity index (χ2n) is 8.24. The first-order chi connectivity index (χ1) is 16.4. The van der Waals surface area contributed by atoms with Gasteiger partial charge in [0, 0.05) is 10.6 Å². The zero-order valence-electron chi connectivity index (χ0n) is 18.6. The van der Waals surface area contributed by atoms with Gasteiger partial charge in [-0.3, -0.25) is 14.5 Å². The van der Waals surface area contributed by atoms with Crippen molar-refractivity contribution in [3.63, 3.8) is 0 Å². The second-order valence-corrected chi connectivity index (χ2v) is 9.68. The summed E-state index contributed by atoms with van der Waals surface area (Å²) in [6.45, 7) is 4.01. The van der Waals surface area contributed by atoms with Gasteiger partial charge in [-0.25, -0.2) is 4.98 Å². The SMILES string of the molecule is CCc1ccc2nc(N3C(=O)C(=O)/C(=C(/O)c4ccc(C)cc4)C3c3ccc(Cl)cc3)sc2c1. The summed E-state index contributed by atoms with van der Waals surface area (Å²) in [7, 11) is 0. The topological polar surface area (TPSA) is 70.5 Å². The molecule has 0 saturated carbocycles. The number of aliphatic hydroxyl groups excluding tert-OH is 1. The van der Waals surface area contributed by atoms with E-state index >= 15 is 0 Å². The Morgan fingerprint density at radius 1 is 1.06 bits per heavy atom. The third-order valence-electron chi connectivity index (χ3n) is 6.01. The fourth-order valence-corrected chi connectivity index (χ4v) is 5.32. The Hall–Kier alpha value is -3.48. The van der Waals surface area contributed by atoms with Gasteiger partial charge in [0.2, 0.25) is 0 Å². The number of carbonyl (C=O) groups is 2. The van der Waals surface area contributed by atoms with Crippen LogP contribution in [0.3, 0.4) is 0 Å². The molecule has 1 fully saturated rings. The summed E-state index contributed by atoms with van der Waals surface area (Å²) in [5.74, 6) is -1.68. The van der Waals surface area contributed by atoms with Crippen LogP contribution >= 0.6 is 22.9 Å². The number of fused-ring (bicyclic) bond motifs is 1. The number of carbonyl (C=O) groups excluding carboxylic acids is 2. The van der Waals surface area contributed by atoms with Crippen molar-refractivity contribution in [3.05, 3.63) is 99.6 Å². The fourth-order valence-electron chi connectivity index (χ4n) is 4.14. The lowest BCUT2D eigenvalue weighted by molar-refractivity contribution is -0.132. The first-order valence-electron chi connectivity index (χ1n) is 10.9. The molecule has 0 bridgehead atoms. The summed E-state index contributed by atoms with van der Waals surface area (Å²) in [5, 5.41) is 12.1. The number of benzene rings is 3. The van der Waals surface area contributed by atoms with Gasteiger partial charge in [0.05, 0.1) is 21.8 Å². The number of aromatic nitrogens is 1. The lowest BCUT2D eigenvalue weighted by atomic mass is 9.95. The molecule has 1 aliphatic heterocycles. The number of Topliss-reactive ketones (excluding diaryl/α,β-unsaturated/α-hetero) is 1. The third-order valence-corrected chi connectivity index (χ3v) is 7.28. The van der Waals surface area contributed by atoms with Gasteiger partial charge in [0.1, 0.15) is 5.76 Å². The zero-order chi connectivity index (χ0) is 24.0. The van der Waals surface area contributed by atoms with E-state index in [1.165, 1.54) is 21.8 Å². The fraction of sp³-hybridized carbons (Fsp3) is 0.148. The van der Waals surface area contributed by atoms with Gasteiger partial charge in [-0.15, -0.1) is 0 Å². The molecule has 1 saturated heterocycles. The number of rotatable bonds is 4. The third kappa shape index (κ3) is 3.79. The zero-order valence-corrected chi connectivity index (χ0v) is 20.2. The van der Waals surface area contributed by atoms with Gasteiger partial charge in [0.25, 0.3) is 5.78 Å². The van der Waals surface area contributed by atoms with Crippen molar-refractivity contribution in [1.82, 2.24) is 4.98 Å². The Morgan fingerprint density at radius 3 is 2.44 bits per heavy atom. The molecular formula is C27H21ClN2O3S. The monoisotopic (exact) mass is 488 g/mol. The predicted octanol–water partition coefficient (Wildman–Crippen LogP) is 6.45. The van der Waals surface area contributed by atoms with Crippen LogP contribution in [0.5, 0.6) is 0 Å². The van der Waals surface area contributed by atoms with E-state index in [0.29, 0.717) is 21.3 Å². The molecule has 5 rings (SSSR count). The average Bonchev–Trinajstić information content (AvgIpc) is 3.37. The smallest absolute Gasteiger partial charge is 0.301 e. The van der Waals surface area contributed by atoms with Crippen molar-refractivity contribution in [1.29, 1.82) is 0 Å². The summed E-state index contributed by atoms with van der Waals surface area (Å²) in [5.41, 5.74) is 4.10. The van der Waals surface area contributed by atoms with Crippen molar-refractivity contribution in [2.75, 3.05) is 4.90 Å². The Bertz CT molecular complexity index is 1460. The van der Waals surface area contributed by atoms with Crippen LogP contribution in [-0.4, -0.2) is 21.8 Å². The first-order valence-corrected chi connectivity index (χ1v) is 12.1. The van der Waals surface area contributed by atoms with Crippen LogP contribution in [0, 0.1) is 6.92 Å². The average molecular weight is 489 g/mol. The van der Waals surface area contributed by atoms with Crippen molar-refractivity contribution in [3.8, 4) is 0 Å². The molecule has 0 aliphatic carbocycles. The standard InChI is InChI=1S/C27H21ClN2O3S/c1-3-16-6-13-20-21(14-16)34-27(29-20)30-23(17-9-11-19(28)12-10-17)22(25(32)26(30)33)24(31)18-7-4-15(2)5-8-18/h4-14,23,31H,3H2,1-2H3/b24-22+. The van der Waals surface area contributed by atoms with Crippen molar-refractivity contribution in [2.45, 2.75) is 26.3 Å². The van der Waals surface area contributed by atoms with E-state index in [1.54, 1.807) is 36.4 Å². The molecule has 2 heterocycles. The molecule has 5 nitrogen and oxygen atoms in total. The van der Waals surface area contributed by atoms with Crippen LogP contribution in [0.2, 0.25) is 5.02 Å². The molecule has 34 heavy (non-hydrogen) atoms. The van der Waals surface area contributed by atoms with E-state index in [4.69, 9.17) is 11.6 Å². The number of hydrogen-bond acceptors (Lipinski definition) is 5. The molecule has 1 atom stereocenters. The van der Waals surface area contributed by atoms with Gasteiger partial charge in [-0.1, -0.05) is 77.9 Å². The number of thiazole rings is 1. The van der Waals surface area contributed by atoms with E-state index < -0.39 is 17.7 Å². The number of amides is 1. The van der Waals surface area contributed by atoms with Gasteiger partial charge >= 0.3 is 5.91 Å². The molecule has 1 amide bonds. The number of ketones is 1. The highest BCUT2D eigenvalue weighted by Gasteiger charge is 2.48. The van der Waals surface area contributed by atoms with E-state index in [1.807, 2.05) is 31.2 Å². The molecule has 1 aliphatic rings. The van der Waals surface area contributed by atoms with E-state index in [0.717, 1.165) is 22.2 Å². The summed E-state index contributed by atoms with van der Waals surface area (Å²) >= 11 is 7.46. The van der Waals surface area contributed by atoms with Crippen LogP contribution in [0.25, 0.3) is 16.0 Å². The Morgan fingerprint density at radius 2 is 1.76 bits per heavy atom. The van der Waals surface area contributed by atoms with Crippen LogP contribution in [-0.2, 0) is 16.0 Å². The second kappa shape index (κ2) is 8.70. The van der Waals surface area contributed by atoms with E-state index in [-0.39, 0.29) is 11.3 Å². The molecule has 4 aromatic rings. The van der Waals surface area contributed by atoms with Crippen molar-refractivity contribution >= 4 is 55.7 Å². The molecule has 170 valence electrons. The summed E-state index contributed by atoms with van der Waals surface area (Å²) in [4.78, 5) is 32.7. The Kier molecular flexibility index (Phi) is 5.71. The number of anilines is 1. The van der Waals surface area contributed by atoms with Crippen molar-refractivity contribution < 1.29 is 14.7 Å². The minimum atomic E-state index is -0.829. The maximum atomic E-state index is 13.3. The number of nitrogens with zero attached hydrogens (tertiary/aromatic N) is 2. The van der Waals surface area contributed by atoms with Crippen LogP contribution in [0.1, 0.15) is 35.2 Å². The normalized spacial score (nSPS) is 17.6. The summed E-state index contributed by atoms with van der Waals surface area (Å²) in [6, 6.07) is 19.3. The van der Waals surface area contributed by atoms with Gasteiger partial charge in [-0.05, 0) is 48.7 Å². The number of aryl methyl sites for hydroxylation is 2. The number of aliphatic hydroxyl groups is 1. The lowest BCUT2D eigenvalue weighted by Gasteiger charge is -2.23. The van der Waals surface area contributed by atoms with E-state index in [9.17, 15) is 14.7 Å². The number of hydrogen-bond donors (Lipinski definition) is 1. The molecule has 1 aromatic heterocycles. The quantitative estimate of drug-likeness (QED) is 0.204. The van der Waals surface area contributed by atoms with Gasteiger partial charge in [0.15, 0.2) is 5.13 Å². The Labute approximate surface area is 205 Å². The Balaban J connectivity index is 1.71. The first kappa shape index (κ1) is 22.3. The summed E-state index contributed by atoms with van der Waals surface area (Å²) in [6.07, 6.45) is 0.884. The molecule has 1 N–H and O–H groups in total. The van der Waals surface area contributed by atoms with Crippen LogP contribution in [0.15, 0.2) is 72.3 Å². The van der Waals surface area contributed by atoms with Gasteiger partial charge < -0.3 is 5.11 Å². The maximum absolute atomic E-state index is 13.3. The molecule has 1 unspecified atom stereocenters. The van der Waals surface area contributed by atoms with E-state index in [2.05, 4.69) is 18.0 Å². The van der Waals surface area contributed by atoms with Crippen LogP contribution in [0.4, 0.5) is 5.13 Å². The van der Waals surface area contributed by atoms with Crippen LogP contribution < -0.4 is 4.90 Å². The highest BCUT2D eigenvalue weighted by Crippen LogP contribution is 2.44. The molecule has 0 spiro atoms. The largest absolute Gasteiger partial charge is 0.507 e. The molecule has 0 radical (unpaired) electrons. The lowest BCUT2D eigenvalue weighted by Crippen LogP contribution is -2.29. The highest BCUT2D eigenvalue weighted by atomic mass is 35.5. The van der Waals surface area contributed by atoms with Gasteiger partial charge in [-0.2, -0.15) is 0 Å². The minimum absolute atomic E-state index is 0.0321. The number of halogens is 1. The highest BCUT2D eigenvalue weighted by molar-refractivity contribution is 7.22. The molecule has 3 aromatic carbocycles.